The number of carbonyl (C=O) groups excluding carboxylic acids is 2. The highest BCUT2D eigenvalue weighted by Gasteiger charge is 2.26. The fraction of sp³-hybridized carbons (Fsp3) is 0.148. The maximum atomic E-state index is 13.2. The summed E-state index contributed by atoms with van der Waals surface area (Å²) in [6.45, 7) is 1.91. The van der Waals surface area contributed by atoms with Gasteiger partial charge >= 0.3 is 0 Å². The first-order valence-corrected chi connectivity index (χ1v) is 10.9. The summed E-state index contributed by atoms with van der Waals surface area (Å²) in [5, 5.41) is 0.368. The zero-order valence-corrected chi connectivity index (χ0v) is 18.4. The molecule has 0 saturated heterocycles. The first-order chi connectivity index (χ1) is 16.6. The van der Waals surface area contributed by atoms with Crippen LogP contribution in [0.15, 0.2) is 82.0 Å². The van der Waals surface area contributed by atoms with Crippen molar-refractivity contribution in [3.05, 3.63) is 88.6 Å². The Hall–Kier alpha value is -4.39. The number of rotatable bonds is 6. The number of benzene rings is 3. The van der Waals surface area contributed by atoms with E-state index in [1.165, 1.54) is 0 Å². The fourth-order valence-electron chi connectivity index (χ4n) is 3.98. The zero-order chi connectivity index (χ0) is 23.7. The van der Waals surface area contributed by atoms with Crippen LogP contribution in [0.25, 0.3) is 22.3 Å². The molecule has 1 aromatic heterocycles. The Morgan fingerprint density at radius 1 is 1.00 bits per heavy atom. The van der Waals surface area contributed by atoms with Gasteiger partial charge in [0.25, 0.3) is 5.91 Å². The number of para-hydroxylation sites is 1. The highest BCUT2D eigenvalue weighted by atomic mass is 16.5. The summed E-state index contributed by atoms with van der Waals surface area (Å²) < 4.78 is 17.3. The van der Waals surface area contributed by atoms with Crippen LogP contribution in [0, 0.1) is 0 Å². The van der Waals surface area contributed by atoms with Gasteiger partial charge in [-0.25, -0.2) is 0 Å². The second kappa shape index (κ2) is 8.86. The van der Waals surface area contributed by atoms with Crippen LogP contribution in [0.2, 0.25) is 0 Å². The van der Waals surface area contributed by atoms with Gasteiger partial charge in [-0.05, 0) is 37.3 Å². The van der Waals surface area contributed by atoms with E-state index in [4.69, 9.17) is 13.9 Å². The van der Waals surface area contributed by atoms with Crippen molar-refractivity contribution in [1.82, 2.24) is 0 Å². The van der Waals surface area contributed by atoms with E-state index in [-0.39, 0.29) is 41.8 Å². The number of anilines is 1. The predicted octanol–water partition coefficient (Wildman–Crippen LogP) is 4.47. The lowest BCUT2D eigenvalue weighted by molar-refractivity contribution is -0.121. The number of likely N-dealkylation sites (N-methyl/N-ethyl adjacent to an activating group) is 1. The molecule has 34 heavy (non-hydrogen) atoms. The van der Waals surface area contributed by atoms with Crippen molar-refractivity contribution in [1.29, 1.82) is 0 Å². The molecule has 7 nitrogen and oxygen atoms in total. The van der Waals surface area contributed by atoms with E-state index in [0.717, 1.165) is 0 Å². The third-order valence-electron chi connectivity index (χ3n) is 5.68. The molecular weight excluding hydrogens is 434 g/mol. The van der Waals surface area contributed by atoms with E-state index >= 15 is 0 Å². The minimum absolute atomic E-state index is 0.0232. The van der Waals surface area contributed by atoms with Gasteiger partial charge in [0.2, 0.25) is 11.2 Å². The van der Waals surface area contributed by atoms with E-state index < -0.39 is 0 Å². The first-order valence-electron chi connectivity index (χ1n) is 10.9. The molecule has 0 fully saturated rings. The summed E-state index contributed by atoms with van der Waals surface area (Å²) >= 11 is 0. The number of fused-ring (bicyclic) bond motifs is 2. The molecule has 1 amide bonds. The molecule has 0 unspecified atom stereocenters. The molecule has 7 heteroatoms. The van der Waals surface area contributed by atoms with Gasteiger partial charge in [0, 0.05) is 17.7 Å². The number of ketones is 1. The first kappa shape index (κ1) is 21.5. The number of amides is 1. The van der Waals surface area contributed by atoms with Crippen LogP contribution in [0.5, 0.6) is 11.5 Å². The Bertz CT molecular complexity index is 1460. The number of hydrogen-bond acceptors (Lipinski definition) is 6. The molecule has 0 saturated carbocycles. The molecule has 4 aromatic rings. The van der Waals surface area contributed by atoms with E-state index in [0.29, 0.717) is 40.1 Å². The van der Waals surface area contributed by atoms with Gasteiger partial charge in [0.1, 0.15) is 11.3 Å². The molecule has 2 heterocycles. The lowest BCUT2D eigenvalue weighted by Crippen LogP contribution is -2.38. The monoisotopic (exact) mass is 455 g/mol. The Morgan fingerprint density at radius 3 is 2.56 bits per heavy atom. The summed E-state index contributed by atoms with van der Waals surface area (Å²) in [7, 11) is 0. The second-order valence-electron chi connectivity index (χ2n) is 7.77. The number of Topliss-reactive ketones (excluding diaryl/α,β-unsaturated/α-hetero) is 1. The van der Waals surface area contributed by atoms with Crippen LogP contribution >= 0.6 is 0 Å². The number of nitrogens with zero attached hydrogens (tertiary/aromatic N) is 1. The summed E-state index contributed by atoms with van der Waals surface area (Å²) in [5.74, 6) is 0.268. The Morgan fingerprint density at radius 2 is 1.76 bits per heavy atom. The molecule has 0 spiro atoms. The minimum Gasteiger partial charge on any atom is -0.482 e. The standard InChI is InChI=1S/C27H21NO6/c1-2-28-20-14-18(12-13-23(20)32-16-24(28)30)21(29)15-33-27-25(31)19-10-6-7-11-22(19)34-26(27)17-8-4-3-5-9-17/h3-14H,2,15-16H2,1H3. The normalized spacial score (nSPS) is 12.9. The summed E-state index contributed by atoms with van der Waals surface area (Å²) in [6.07, 6.45) is 0. The van der Waals surface area contributed by atoms with Crippen molar-refractivity contribution in [2.75, 3.05) is 24.7 Å². The maximum absolute atomic E-state index is 13.2. The number of ether oxygens (including phenoxy) is 2. The average molecular weight is 455 g/mol. The van der Waals surface area contributed by atoms with Crippen molar-refractivity contribution in [2.45, 2.75) is 6.92 Å². The molecule has 0 aliphatic carbocycles. The molecule has 0 atom stereocenters. The van der Waals surface area contributed by atoms with Gasteiger partial charge in [0.15, 0.2) is 24.8 Å². The van der Waals surface area contributed by atoms with Crippen molar-refractivity contribution in [3.8, 4) is 22.8 Å². The SMILES string of the molecule is CCN1C(=O)COc2ccc(C(=O)COc3c(-c4ccccc4)oc4ccccc4c3=O)cc21. The van der Waals surface area contributed by atoms with Crippen molar-refractivity contribution < 1.29 is 23.5 Å². The van der Waals surface area contributed by atoms with Gasteiger partial charge < -0.3 is 18.8 Å². The Balaban J connectivity index is 1.48. The van der Waals surface area contributed by atoms with Crippen LogP contribution in [0.3, 0.4) is 0 Å². The molecule has 0 radical (unpaired) electrons. The maximum Gasteiger partial charge on any atom is 0.265 e. The van der Waals surface area contributed by atoms with Crippen molar-refractivity contribution in [2.24, 2.45) is 0 Å². The molecule has 3 aromatic carbocycles. The molecule has 5 rings (SSSR count). The van der Waals surface area contributed by atoms with E-state index in [2.05, 4.69) is 0 Å². The van der Waals surface area contributed by atoms with Crippen LogP contribution in [0.4, 0.5) is 5.69 Å². The smallest absolute Gasteiger partial charge is 0.265 e. The van der Waals surface area contributed by atoms with Crippen molar-refractivity contribution >= 4 is 28.3 Å². The lowest BCUT2D eigenvalue weighted by Gasteiger charge is -2.28. The van der Waals surface area contributed by atoms with Gasteiger partial charge in [-0.15, -0.1) is 0 Å². The highest BCUT2D eigenvalue weighted by Crippen LogP contribution is 2.34. The molecule has 170 valence electrons. The predicted molar refractivity (Wildman–Crippen MR) is 128 cm³/mol. The summed E-state index contributed by atoms with van der Waals surface area (Å²) in [6, 6.07) is 20.9. The third-order valence-corrected chi connectivity index (χ3v) is 5.68. The van der Waals surface area contributed by atoms with Crippen LogP contribution in [-0.4, -0.2) is 31.4 Å². The molecule has 0 bridgehead atoms. The largest absolute Gasteiger partial charge is 0.482 e. The lowest BCUT2D eigenvalue weighted by atomic mass is 10.1. The Kier molecular flexibility index (Phi) is 5.59. The van der Waals surface area contributed by atoms with Gasteiger partial charge in [-0.1, -0.05) is 42.5 Å². The zero-order valence-electron chi connectivity index (χ0n) is 18.4. The molecule has 1 aliphatic rings. The van der Waals surface area contributed by atoms with Crippen LogP contribution in [-0.2, 0) is 4.79 Å². The highest BCUT2D eigenvalue weighted by molar-refractivity contribution is 6.02. The van der Waals surface area contributed by atoms with Crippen LogP contribution in [0.1, 0.15) is 17.3 Å². The quantitative estimate of drug-likeness (QED) is 0.399. The minimum atomic E-state index is -0.372. The summed E-state index contributed by atoms with van der Waals surface area (Å²) in [4.78, 5) is 39.9. The Labute approximate surface area is 195 Å². The second-order valence-corrected chi connectivity index (χ2v) is 7.77. The molecular formula is C27H21NO6. The van der Waals surface area contributed by atoms with Gasteiger partial charge in [0.05, 0.1) is 11.1 Å². The fourth-order valence-corrected chi connectivity index (χ4v) is 3.98. The van der Waals surface area contributed by atoms with Crippen molar-refractivity contribution in [3.63, 3.8) is 0 Å². The number of hydrogen-bond donors (Lipinski definition) is 0. The molecule has 1 aliphatic heterocycles. The summed E-state index contributed by atoms with van der Waals surface area (Å²) in [5.41, 5.74) is 1.64. The van der Waals surface area contributed by atoms with Gasteiger partial charge in [-0.3, -0.25) is 14.4 Å². The van der Waals surface area contributed by atoms with Gasteiger partial charge in [-0.2, -0.15) is 0 Å². The van der Waals surface area contributed by atoms with Crippen LogP contribution < -0.4 is 19.8 Å². The topological polar surface area (TPSA) is 86.1 Å². The number of carbonyl (C=O) groups is 2. The van der Waals surface area contributed by atoms with E-state index in [1.54, 1.807) is 47.4 Å². The third kappa shape index (κ3) is 3.81. The van der Waals surface area contributed by atoms with E-state index in [1.807, 2.05) is 37.3 Å². The average Bonchev–Trinajstić information content (AvgIpc) is 2.88. The molecule has 0 N–H and O–H groups in total. The van der Waals surface area contributed by atoms with E-state index in [9.17, 15) is 14.4 Å².